The summed E-state index contributed by atoms with van der Waals surface area (Å²) in [7, 11) is 0. The molecule has 3 amide bonds. The van der Waals surface area contributed by atoms with Gasteiger partial charge in [-0.25, -0.2) is 4.79 Å². The second kappa shape index (κ2) is 9.01. The fourth-order valence-corrected chi connectivity index (χ4v) is 4.32. The maximum absolute atomic E-state index is 12.4. The van der Waals surface area contributed by atoms with Crippen molar-refractivity contribution < 1.29 is 9.59 Å². The standard InChI is InChI=1S/C18H23N3O2S2/c22-17(19-8-7-15-5-2-10-24-15)14-4-1-9-21(13-14)18(23)20-12-16-6-3-11-25-16/h2-3,5-6,10-11,14H,1,4,7-9,12-13H2,(H,19,22)(H,20,23). The SMILES string of the molecule is O=C(NCCc1cccs1)C1CCCN(C(=O)NCc2cccs2)C1. The van der Waals surface area contributed by atoms with E-state index in [1.54, 1.807) is 27.6 Å². The van der Waals surface area contributed by atoms with Crippen LogP contribution in [0.4, 0.5) is 4.79 Å². The van der Waals surface area contributed by atoms with Gasteiger partial charge in [0.05, 0.1) is 12.5 Å². The lowest BCUT2D eigenvalue weighted by molar-refractivity contribution is -0.126. The Morgan fingerprint density at radius 3 is 2.60 bits per heavy atom. The highest BCUT2D eigenvalue weighted by Crippen LogP contribution is 2.17. The quantitative estimate of drug-likeness (QED) is 0.813. The third-order valence-corrected chi connectivity index (χ3v) is 6.14. The van der Waals surface area contributed by atoms with Crippen LogP contribution in [-0.2, 0) is 17.8 Å². The largest absolute Gasteiger partial charge is 0.355 e. The molecule has 134 valence electrons. The first-order valence-corrected chi connectivity index (χ1v) is 10.3. The molecule has 0 radical (unpaired) electrons. The molecule has 1 saturated heterocycles. The monoisotopic (exact) mass is 377 g/mol. The summed E-state index contributed by atoms with van der Waals surface area (Å²) in [6, 6.07) is 8.01. The Balaban J connectivity index is 1.41. The van der Waals surface area contributed by atoms with Crippen molar-refractivity contribution in [3.05, 3.63) is 44.8 Å². The van der Waals surface area contributed by atoms with E-state index in [9.17, 15) is 9.59 Å². The molecule has 1 atom stereocenters. The molecule has 3 rings (SSSR count). The van der Waals surface area contributed by atoms with Gasteiger partial charge in [-0.05, 0) is 42.2 Å². The predicted molar refractivity (Wildman–Crippen MR) is 102 cm³/mol. The second-order valence-electron chi connectivity index (χ2n) is 6.14. The first-order valence-electron chi connectivity index (χ1n) is 8.57. The van der Waals surface area contributed by atoms with Crippen LogP contribution < -0.4 is 10.6 Å². The van der Waals surface area contributed by atoms with Gasteiger partial charge in [-0.2, -0.15) is 0 Å². The third kappa shape index (κ3) is 5.31. The summed E-state index contributed by atoms with van der Waals surface area (Å²) < 4.78 is 0. The number of piperidine rings is 1. The number of hydrogen-bond acceptors (Lipinski definition) is 4. The summed E-state index contributed by atoms with van der Waals surface area (Å²) in [6.07, 6.45) is 2.58. The molecule has 0 aromatic carbocycles. The van der Waals surface area contributed by atoms with Gasteiger partial charge in [0.2, 0.25) is 5.91 Å². The first kappa shape index (κ1) is 17.9. The van der Waals surface area contributed by atoms with Crippen LogP contribution in [0.1, 0.15) is 22.6 Å². The molecule has 1 aliphatic heterocycles. The third-order valence-electron chi connectivity index (χ3n) is 4.32. The Morgan fingerprint density at radius 2 is 1.88 bits per heavy atom. The Hall–Kier alpha value is -1.86. The molecule has 0 aliphatic carbocycles. The van der Waals surface area contributed by atoms with Crippen molar-refractivity contribution in [3.8, 4) is 0 Å². The Morgan fingerprint density at radius 1 is 1.12 bits per heavy atom. The highest BCUT2D eigenvalue weighted by molar-refractivity contribution is 7.10. The summed E-state index contributed by atoms with van der Waals surface area (Å²) in [6.45, 7) is 2.42. The number of amides is 3. The molecule has 1 fully saturated rings. The van der Waals surface area contributed by atoms with Gasteiger partial charge in [-0.1, -0.05) is 12.1 Å². The minimum atomic E-state index is -0.107. The molecule has 1 aliphatic rings. The zero-order chi connectivity index (χ0) is 17.5. The zero-order valence-corrected chi connectivity index (χ0v) is 15.7. The lowest BCUT2D eigenvalue weighted by atomic mass is 9.97. The number of carbonyl (C=O) groups excluding carboxylic acids is 2. The lowest BCUT2D eigenvalue weighted by Gasteiger charge is -2.32. The van der Waals surface area contributed by atoms with E-state index in [4.69, 9.17) is 0 Å². The molecular weight excluding hydrogens is 354 g/mol. The normalized spacial score (nSPS) is 17.3. The summed E-state index contributed by atoms with van der Waals surface area (Å²) >= 11 is 3.34. The highest BCUT2D eigenvalue weighted by atomic mass is 32.1. The molecule has 2 N–H and O–H groups in total. The number of nitrogens with zero attached hydrogens (tertiary/aromatic N) is 1. The van der Waals surface area contributed by atoms with Gasteiger partial charge in [-0.3, -0.25) is 4.79 Å². The molecule has 5 nitrogen and oxygen atoms in total. The predicted octanol–water partition coefficient (Wildman–Crippen LogP) is 3.09. The summed E-state index contributed by atoms with van der Waals surface area (Å²) in [4.78, 5) is 28.9. The van der Waals surface area contributed by atoms with Crippen molar-refractivity contribution in [1.82, 2.24) is 15.5 Å². The fraction of sp³-hybridized carbons (Fsp3) is 0.444. The number of hydrogen-bond donors (Lipinski definition) is 2. The van der Waals surface area contributed by atoms with E-state index in [2.05, 4.69) is 16.7 Å². The molecule has 0 bridgehead atoms. The van der Waals surface area contributed by atoms with Crippen LogP contribution in [0, 0.1) is 5.92 Å². The van der Waals surface area contributed by atoms with E-state index in [1.807, 2.05) is 29.0 Å². The minimum absolute atomic E-state index is 0.0623. The molecule has 0 spiro atoms. The van der Waals surface area contributed by atoms with Crippen molar-refractivity contribution in [2.24, 2.45) is 5.92 Å². The van der Waals surface area contributed by atoms with E-state index < -0.39 is 0 Å². The number of urea groups is 1. The van der Waals surface area contributed by atoms with Crippen LogP contribution in [-0.4, -0.2) is 36.5 Å². The average molecular weight is 378 g/mol. The maximum atomic E-state index is 12.4. The highest BCUT2D eigenvalue weighted by Gasteiger charge is 2.28. The van der Waals surface area contributed by atoms with Crippen LogP contribution in [0.3, 0.4) is 0 Å². The van der Waals surface area contributed by atoms with E-state index in [1.165, 1.54) is 4.88 Å². The molecule has 2 aromatic rings. The summed E-state index contributed by atoms with van der Waals surface area (Å²) in [5.41, 5.74) is 0. The zero-order valence-electron chi connectivity index (χ0n) is 14.1. The van der Waals surface area contributed by atoms with Gasteiger partial charge in [0.1, 0.15) is 0 Å². The number of carbonyl (C=O) groups is 2. The van der Waals surface area contributed by atoms with Crippen LogP contribution in [0.15, 0.2) is 35.0 Å². The van der Waals surface area contributed by atoms with E-state index >= 15 is 0 Å². The lowest BCUT2D eigenvalue weighted by Crippen LogP contribution is -2.48. The van der Waals surface area contributed by atoms with Gasteiger partial charge >= 0.3 is 6.03 Å². The first-order chi connectivity index (χ1) is 12.2. The Kier molecular flexibility index (Phi) is 6.47. The van der Waals surface area contributed by atoms with Crippen LogP contribution in [0.5, 0.6) is 0 Å². The second-order valence-corrected chi connectivity index (χ2v) is 8.21. The maximum Gasteiger partial charge on any atom is 0.317 e. The Bertz CT molecular complexity index is 671. The topological polar surface area (TPSA) is 61.4 Å². The van der Waals surface area contributed by atoms with Crippen molar-refractivity contribution in [3.63, 3.8) is 0 Å². The van der Waals surface area contributed by atoms with E-state index in [0.717, 1.165) is 30.7 Å². The number of nitrogens with one attached hydrogen (secondary N) is 2. The van der Waals surface area contributed by atoms with Crippen LogP contribution in [0.2, 0.25) is 0 Å². The Labute approximate surface area is 156 Å². The van der Waals surface area contributed by atoms with Crippen molar-refractivity contribution in [2.45, 2.75) is 25.8 Å². The minimum Gasteiger partial charge on any atom is -0.355 e. The molecule has 0 saturated carbocycles. The van der Waals surface area contributed by atoms with E-state index in [-0.39, 0.29) is 17.9 Å². The smallest absolute Gasteiger partial charge is 0.317 e. The summed E-state index contributed by atoms with van der Waals surface area (Å²) in [5, 5.41) is 10.0. The van der Waals surface area contributed by atoms with Crippen molar-refractivity contribution in [2.75, 3.05) is 19.6 Å². The van der Waals surface area contributed by atoms with Crippen LogP contribution in [0.25, 0.3) is 0 Å². The van der Waals surface area contributed by atoms with Gasteiger partial charge in [-0.15, -0.1) is 22.7 Å². The molecule has 7 heteroatoms. The van der Waals surface area contributed by atoms with Gasteiger partial charge in [0.15, 0.2) is 0 Å². The number of thiophene rings is 2. The van der Waals surface area contributed by atoms with Gasteiger partial charge < -0.3 is 15.5 Å². The molecule has 1 unspecified atom stereocenters. The number of rotatable bonds is 6. The molecule has 3 heterocycles. The molecule has 25 heavy (non-hydrogen) atoms. The molecular formula is C18H23N3O2S2. The van der Waals surface area contributed by atoms with Gasteiger partial charge in [0, 0.05) is 29.4 Å². The summed E-state index contributed by atoms with van der Waals surface area (Å²) in [5.74, 6) is -0.0445. The fourth-order valence-electron chi connectivity index (χ4n) is 2.97. The number of likely N-dealkylation sites (tertiary alicyclic amines) is 1. The van der Waals surface area contributed by atoms with Crippen molar-refractivity contribution in [1.29, 1.82) is 0 Å². The average Bonchev–Trinajstić information content (AvgIpc) is 3.33. The van der Waals surface area contributed by atoms with Gasteiger partial charge in [0.25, 0.3) is 0 Å². The van der Waals surface area contributed by atoms with Crippen LogP contribution >= 0.6 is 22.7 Å². The van der Waals surface area contributed by atoms with Crippen molar-refractivity contribution >= 4 is 34.6 Å². The molecule has 2 aromatic heterocycles. The van der Waals surface area contributed by atoms with E-state index in [0.29, 0.717) is 19.6 Å².